The van der Waals surface area contributed by atoms with Crippen LogP contribution in [0.3, 0.4) is 0 Å². The van der Waals surface area contributed by atoms with Crippen molar-refractivity contribution in [2.24, 2.45) is 0 Å². The van der Waals surface area contributed by atoms with Crippen molar-refractivity contribution in [3.8, 4) is 5.75 Å². The van der Waals surface area contributed by atoms with Crippen molar-refractivity contribution in [3.63, 3.8) is 0 Å². The average molecular weight is 282 g/mol. The fraction of sp³-hybridized carbons (Fsp3) is 0.500. The van der Waals surface area contributed by atoms with Crippen molar-refractivity contribution >= 4 is 17.5 Å². The highest BCUT2D eigenvalue weighted by molar-refractivity contribution is 6.24. The summed E-state index contributed by atoms with van der Waals surface area (Å²) in [5.74, 6) is 0.548. The zero-order chi connectivity index (χ0) is 13.6. The fourth-order valence-corrected chi connectivity index (χ4v) is 3.16. The van der Waals surface area contributed by atoms with Crippen molar-refractivity contribution < 1.29 is 14.6 Å². The number of rotatable bonds is 2. The second-order valence-corrected chi connectivity index (χ2v) is 6.41. The van der Waals surface area contributed by atoms with E-state index in [1.54, 1.807) is 17.0 Å². The summed E-state index contributed by atoms with van der Waals surface area (Å²) in [5, 5.41) is 10.1. The Morgan fingerprint density at radius 2 is 2.11 bits per heavy atom. The first-order valence-electron chi connectivity index (χ1n) is 6.37. The fourth-order valence-electron chi connectivity index (χ4n) is 2.87. The maximum absolute atomic E-state index is 12.1. The summed E-state index contributed by atoms with van der Waals surface area (Å²) in [7, 11) is 0. The summed E-state index contributed by atoms with van der Waals surface area (Å²) in [5.41, 5.74) is 0. The topological polar surface area (TPSA) is 49.8 Å². The van der Waals surface area contributed by atoms with Gasteiger partial charge in [-0.2, -0.15) is 0 Å². The second kappa shape index (κ2) is 4.39. The van der Waals surface area contributed by atoms with Gasteiger partial charge in [0.25, 0.3) is 5.91 Å². The molecule has 1 amide bonds. The molecule has 5 heteroatoms. The zero-order valence-electron chi connectivity index (χ0n) is 10.6. The third-order valence-corrected chi connectivity index (χ3v) is 4.01. The summed E-state index contributed by atoms with van der Waals surface area (Å²) in [6.45, 7) is 2.30. The van der Waals surface area contributed by atoms with Gasteiger partial charge in [-0.05, 0) is 25.5 Å². The van der Waals surface area contributed by atoms with Crippen LogP contribution >= 0.6 is 11.6 Å². The van der Waals surface area contributed by atoms with Gasteiger partial charge in [0.1, 0.15) is 11.8 Å². The Bertz CT molecular complexity index is 491. The first-order valence-corrected chi connectivity index (χ1v) is 6.75. The molecular formula is C14H16ClNO3. The van der Waals surface area contributed by atoms with Gasteiger partial charge in [-0.3, -0.25) is 4.79 Å². The van der Waals surface area contributed by atoms with E-state index >= 15 is 0 Å². The normalized spacial score (nSPS) is 37.5. The lowest BCUT2D eigenvalue weighted by atomic mass is 9.81. The Hall–Kier alpha value is -1.26. The summed E-state index contributed by atoms with van der Waals surface area (Å²) in [6.07, 6.45) is -0.759. The van der Waals surface area contributed by atoms with Gasteiger partial charge in [0.2, 0.25) is 0 Å². The first-order chi connectivity index (χ1) is 8.98. The van der Waals surface area contributed by atoms with Crippen molar-refractivity contribution in [1.29, 1.82) is 0 Å². The van der Waals surface area contributed by atoms with Crippen LogP contribution in [0.25, 0.3) is 0 Å². The minimum Gasteiger partial charge on any atom is -0.478 e. The number of hydrogen-bond donors (Lipinski definition) is 1. The maximum atomic E-state index is 12.1. The third kappa shape index (κ3) is 2.19. The SMILES string of the molecule is C[C@@]1(Cl)C[C@H](O)[C@H]2[C@@H](Oc3ccccc3)C(=O)N2C1. The molecule has 19 heavy (non-hydrogen) atoms. The molecule has 1 aromatic carbocycles. The highest BCUT2D eigenvalue weighted by Gasteiger charge is 2.58. The third-order valence-electron chi connectivity index (χ3n) is 3.73. The van der Waals surface area contributed by atoms with E-state index in [0.717, 1.165) is 0 Å². The molecule has 0 aromatic heterocycles. The Morgan fingerprint density at radius 1 is 1.42 bits per heavy atom. The molecule has 2 aliphatic rings. The van der Waals surface area contributed by atoms with E-state index in [4.69, 9.17) is 16.3 Å². The van der Waals surface area contributed by atoms with E-state index in [1.807, 2.05) is 25.1 Å². The molecule has 2 heterocycles. The number of carbonyl (C=O) groups is 1. The van der Waals surface area contributed by atoms with Crippen LogP contribution in [0.15, 0.2) is 30.3 Å². The van der Waals surface area contributed by atoms with Crippen LogP contribution in [0, 0.1) is 0 Å². The summed E-state index contributed by atoms with van der Waals surface area (Å²) >= 11 is 6.24. The smallest absolute Gasteiger partial charge is 0.266 e. The van der Waals surface area contributed by atoms with E-state index in [1.165, 1.54) is 0 Å². The number of fused-ring (bicyclic) bond motifs is 1. The number of β-lactam (4-membered cyclic amide) rings is 1. The Morgan fingerprint density at radius 3 is 2.79 bits per heavy atom. The lowest BCUT2D eigenvalue weighted by Gasteiger charge is -2.54. The molecule has 4 atom stereocenters. The molecule has 0 radical (unpaired) electrons. The molecule has 0 bridgehead atoms. The molecule has 2 fully saturated rings. The molecule has 0 spiro atoms. The Labute approximate surface area is 116 Å². The van der Waals surface area contributed by atoms with Gasteiger partial charge in [-0.1, -0.05) is 18.2 Å². The van der Waals surface area contributed by atoms with Gasteiger partial charge in [0.15, 0.2) is 6.10 Å². The van der Waals surface area contributed by atoms with E-state index in [9.17, 15) is 9.90 Å². The van der Waals surface area contributed by atoms with Gasteiger partial charge in [-0.25, -0.2) is 0 Å². The van der Waals surface area contributed by atoms with E-state index in [-0.39, 0.29) is 11.9 Å². The average Bonchev–Trinajstić information content (AvgIpc) is 2.36. The molecule has 102 valence electrons. The highest BCUT2D eigenvalue weighted by Crippen LogP contribution is 2.39. The molecule has 1 aromatic rings. The summed E-state index contributed by atoms with van der Waals surface area (Å²) in [6, 6.07) is 8.91. The van der Waals surface area contributed by atoms with E-state index < -0.39 is 17.1 Å². The second-order valence-electron chi connectivity index (χ2n) is 5.49. The number of carbonyl (C=O) groups excluding carboxylic acids is 1. The number of ether oxygens (including phenoxy) is 1. The highest BCUT2D eigenvalue weighted by atomic mass is 35.5. The van der Waals surface area contributed by atoms with Crippen molar-refractivity contribution in [3.05, 3.63) is 30.3 Å². The molecule has 2 saturated heterocycles. The number of benzene rings is 1. The van der Waals surface area contributed by atoms with E-state index in [0.29, 0.717) is 18.7 Å². The van der Waals surface area contributed by atoms with Gasteiger partial charge in [-0.15, -0.1) is 11.6 Å². The molecule has 0 saturated carbocycles. The molecule has 0 unspecified atom stereocenters. The lowest BCUT2D eigenvalue weighted by Crippen LogP contribution is -2.75. The number of amides is 1. The number of para-hydroxylation sites is 1. The number of aliphatic hydroxyl groups is 1. The van der Waals surface area contributed by atoms with Crippen LogP contribution < -0.4 is 4.74 Å². The number of nitrogens with zero attached hydrogens (tertiary/aromatic N) is 1. The number of piperidine rings is 1. The van der Waals surface area contributed by atoms with Gasteiger partial charge >= 0.3 is 0 Å². The van der Waals surface area contributed by atoms with Crippen LogP contribution in [0.1, 0.15) is 13.3 Å². The van der Waals surface area contributed by atoms with Crippen molar-refractivity contribution in [2.45, 2.75) is 36.5 Å². The van der Waals surface area contributed by atoms with Crippen LogP contribution in [-0.4, -0.2) is 45.6 Å². The monoisotopic (exact) mass is 281 g/mol. The molecule has 0 aliphatic carbocycles. The number of aliphatic hydroxyl groups excluding tert-OH is 1. The van der Waals surface area contributed by atoms with Crippen LogP contribution in [0.2, 0.25) is 0 Å². The van der Waals surface area contributed by atoms with Gasteiger partial charge < -0.3 is 14.7 Å². The Kier molecular flexibility index (Phi) is 2.95. The number of hydrogen-bond acceptors (Lipinski definition) is 3. The Balaban J connectivity index is 1.75. The number of halogens is 1. The minimum absolute atomic E-state index is 0.0977. The summed E-state index contributed by atoms with van der Waals surface area (Å²) < 4.78 is 5.68. The zero-order valence-corrected chi connectivity index (χ0v) is 11.4. The molecule has 4 nitrogen and oxygen atoms in total. The van der Waals surface area contributed by atoms with Crippen LogP contribution in [0.5, 0.6) is 5.75 Å². The molecule has 1 N–H and O–H groups in total. The quantitative estimate of drug-likeness (QED) is 0.659. The number of alkyl halides is 1. The predicted molar refractivity (Wildman–Crippen MR) is 71.2 cm³/mol. The van der Waals surface area contributed by atoms with Gasteiger partial charge in [0, 0.05) is 6.54 Å². The molecular weight excluding hydrogens is 266 g/mol. The summed E-state index contributed by atoms with van der Waals surface area (Å²) in [4.78, 5) is 13.1. The standard InChI is InChI=1S/C14H16ClNO3/c1-14(15)7-10(17)11-12(13(18)16(11)8-14)19-9-5-3-2-4-6-9/h2-6,10-12,17H,7-8H2,1H3/t10-,11-,12+,14+/m0/s1. The van der Waals surface area contributed by atoms with Gasteiger partial charge in [0.05, 0.1) is 11.0 Å². The largest absolute Gasteiger partial charge is 0.478 e. The molecule has 3 rings (SSSR count). The maximum Gasteiger partial charge on any atom is 0.266 e. The van der Waals surface area contributed by atoms with Crippen molar-refractivity contribution in [2.75, 3.05) is 6.54 Å². The van der Waals surface area contributed by atoms with Crippen molar-refractivity contribution in [1.82, 2.24) is 4.90 Å². The minimum atomic E-state index is -0.636. The van der Waals surface area contributed by atoms with E-state index in [2.05, 4.69) is 0 Å². The van der Waals surface area contributed by atoms with Crippen LogP contribution in [0.4, 0.5) is 0 Å². The van der Waals surface area contributed by atoms with Crippen LogP contribution in [-0.2, 0) is 4.79 Å². The lowest BCUT2D eigenvalue weighted by molar-refractivity contribution is -0.180. The molecule has 2 aliphatic heterocycles. The first kappa shape index (κ1) is 12.8. The predicted octanol–water partition coefficient (Wildman–Crippen LogP) is 1.41.